The Morgan fingerprint density at radius 3 is 2.67 bits per heavy atom. The largest absolute Gasteiger partial charge is 0.494 e. The molecule has 1 heterocycles. The summed E-state index contributed by atoms with van der Waals surface area (Å²) in [6, 6.07) is 7.77. The van der Waals surface area contributed by atoms with Crippen LogP contribution in [0.2, 0.25) is 5.02 Å². The highest BCUT2D eigenvalue weighted by atomic mass is 35.5. The molecule has 0 aromatic heterocycles. The molecular weight excluding hydrogens is 373 g/mol. The van der Waals surface area contributed by atoms with Crippen molar-refractivity contribution in [2.45, 2.75) is 26.3 Å². The van der Waals surface area contributed by atoms with Gasteiger partial charge in [0.2, 0.25) is 5.91 Å². The van der Waals surface area contributed by atoms with Crippen LogP contribution in [-0.4, -0.2) is 32.3 Å². The second-order valence-electron chi connectivity index (χ2n) is 6.45. The van der Waals surface area contributed by atoms with Crippen LogP contribution in [0, 0.1) is 5.82 Å². The number of ether oxygens (including phenoxy) is 3. The van der Waals surface area contributed by atoms with Gasteiger partial charge in [-0.3, -0.25) is 4.79 Å². The summed E-state index contributed by atoms with van der Waals surface area (Å²) in [5, 5.41) is 0.404. The van der Waals surface area contributed by atoms with Crippen molar-refractivity contribution in [3.05, 3.63) is 46.7 Å². The fourth-order valence-electron chi connectivity index (χ4n) is 3.06. The Morgan fingerprint density at radius 1 is 1.26 bits per heavy atom. The van der Waals surface area contributed by atoms with Crippen molar-refractivity contribution in [1.82, 2.24) is 0 Å². The molecule has 1 aliphatic rings. The zero-order chi connectivity index (χ0) is 19.6. The molecule has 1 amide bonds. The number of halogens is 2. The number of carbonyl (C=O) groups is 1. The van der Waals surface area contributed by atoms with Gasteiger partial charge < -0.3 is 19.1 Å². The number of fused-ring (bicyclic) bond motifs is 1. The van der Waals surface area contributed by atoms with Crippen molar-refractivity contribution < 1.29 is 23.4 Å². The summed E-state index contributed by atoms with van der Waals surface area (Å²) in [5.41, 5.74) is 1.17. The van der Waals surface area contributed by atoms with Crippen molar-refractivity contribution >= 4 is 23.2 Å². The van der Waals surface area contributed by atoms with Gasteiger partial charge in [0.25, 0.3) is 0 Å². The van der Waals surface area contributed by atoms with E-state index in [1.807, 2.05) is 13.8 Å². The average molecular weight is 394 g/mol. The van der Waals surface area contributed by atoms with Crippen LogP contribution in [0.3, 0.4) is 0 Å². The number of carbonyl (C=O) groups excluding carboxylic acids is 1. The molecule has 0 saturated carbocycles. The first-order valence-electron chi connectivity index (χ1n) is 8.64. The molecule has 0 radical (unpaired) electrons. The van der Waals surface area contributed by atoms with E-state index in [0.29, 0.717) is 41.0 Å². The molecule has 0 bridgehead atoms. The lowest BCUT2D eigenvalue weighted by Crippen LogP contribution is -2.38. The van der Waals surface area contributed by atoms with Gasteiger partial charge in [-0.05, 0) is 43.7 Å². The molecule has 27 heavy (non-hydrogen) atoms. The SMILES string of the molecule is COc1ccc(N(C(=O)Cc2cc(Cl)c3c(c2)OCCO3)C(C)C)cc1F. The van der Waals surface area contributed by atoms with Crippen LogP contribution >= 0.6 is 11.6 Å². The lowest BCUT2D eigenvalue weighted by molar-refractivity contribution is -0.118. The Hall–Kier alpha value is -2.47. The highest BCUT2D eigenvalue weighted by molar-refractivity contribution is 6.32. The second-order valence-corrected chi connectivity index (χ2v) is 6.86. The first-order valence-corrected chi connectivity index (χ1v) is 9.02. The van der Waals surface area contributed by atoms with Crippen LogP contribution in [0.5, 0.6) is 17.2 Å². The molecule has 3 rings (SSSR count). The second kappa shape index (κ2) is 8.05. The van der Waals surface area contributed by atoms with Gasteiger partial charge in [0.15, 0.2) is 23.1 Å². The minimum absolute atomic E-state index is 0.0994. The standard InChI is InChI=1S/C20H21ClFNO4/c1-12(2)23(14-4-5-17(25-3)16(22)11-14)19(24)10-13-8-15(21)20-18(9-13)26-6-7-27-20/h4-5,8-9,11-12H,6-7,10H2,1-3H3. The number of rotatable bonds is 5. The zero-order valence-corrected chi connectivity index (χ0v) is 16.2. The van der Waals surface area contributed by atoms with Crippen LogP contribution in [-0.2, 0) is 11.2 Å². The molecule has 144 valence electrons. The van der Waals surface area contributed by atoms with Gasteiger partial charge in [0.05, 0.1) is 18.6 Å². The van der Waals surface area contributed by atoms with E-state index in [1.165, 1.54) is 19.2 Å². The molecule has 7 heteroatoms. The quantitative estimate of drug-likeness (QED) is 0.762. The molecule has 0 N–H and O–H groups in total. The van der Waals surface area contributed by atoms with Gasteiger partial charge in [-0.2, -0.15) is 0 Å². The normalized spacial score (nSPS) is 12.8. The Kier molecular flexibility index (Phi) is 5.75. The number of amides is 1. The predicted molar refractivity (Wildman–Crippen MR) is 102 cm³/mol. The molecule has 0 saturated heterocycles. The van der Waals surface area contributed by atoms with Crippen molar-refractivity contribution in [2.24, 2.45) is 0 Å². The number of benzene rings is 2. The summed E-state index contributed by atoms with van der Waals surface area (Å²) in [7, 11) is 1.40. The third-order valence-corrected chi connectivity index (χ3v) is 4.49. The number of hydrogen-bond acceptors (Lipinski definition) is 4. The molecule has 0 spiro atoms. The topological polar surface area (TPSA) is 48.0 Å². The third kappa shape index (κ3) is 4.11. The Balaban J connectivity index is 1.86. The lowest BCUT2D eigenvalue weighted by atomic mass is 10.1. The minimum Gasteiger partial charge on any atom is -0.494 e. The Bertz CT molecular complexity index is 856. The summed E-state index contributed by atoms with van der Waals surface area (Å²) in [6.45, 7) is 4.62. The van der Waals surface area contributed by atoms with Crippen LogP contribution in [0.15, 0.2) is 30.3 Å². The smallest absolute Gasteiger partial charge is 0.231 e. The van der Waals surface area contributed by atoms with Gasteiger partial charge in [-0.1, -0.05) is 11.6 Å². The van der Waals surface area contributed by atoms with E-state index in [-0.39, 0.29) is 24.1 Å². The third-order valence-electron chi connectivity index (χ3n) is 4.21. The van der Waals surface area contributed by atoms with E-state index in [9.17, 15) is 9.18 Å². The van der Waals surface area contributed by atoms with Gasteiger partial charge in [0, 0.05) is 17.8 Å². The molecule has 2 aromatic rings. The van der Waals surface area contributed by atoms with Gasteiger partial charge in [-0.15, -0.1) is 0 Å². The van der Waals surface area contributed by atoms with Gasteiger partial charge in [-0.25, -0.2) is 4.39 Å². The summed E-state index contributed by atoms with van der Waals surface area (Å²) < 4.78 is 30.1. The maximum atomic E-state index is 14.1. The number of nitrogens with zero attached hydrogens (tertiary/aromatic N) is 1. The van der Waals surface area contributed by atoms with Gasteiger partial charge in [0.1, 0.15) is 13.2 Å². The van der Waals surface area contributed by atoms with Gasteiger partial charge >= 0.3 is 0 Å². The maximum Gasteiger partial charge on any atom is 0.231 e. The molecule has 1 aliphatic heterocycles. The fraction of sp³-hybridized carbons (Fsp3) is 0.350. The van der Waals surface area contributed by atoms with Crippen LogP contribution in [0.1, 0.15) is 19.4 Å². The maximum absolute atomic E-state index is 14.1. The fourth-order valence-corrected chi connectivity index (χ4v) is 3.35. The van der Waals surface area contributed by atoms with Crippen molar-refractivity contribution in [3.8, 4) is 17.2 Å². The predicted octanol–water partition coefficient (Wildman–Crippen LogP) is 4.24. The highest BCUT2D eigenvalue weighted by Gasteiger charge is 2.23. The highest BCUT2D eigenvalue weighted by Crippen LogP contribution is 2.38. The van der Waals surface area contributed by atoms with E-state index in [0.717, 1.165) is 0 Å². The van der Waals surface area contributed by atoms with Crippen LogP contribution in [0.4, 0.5) is 10.1 Å². The van der Waals surface area contributed by atoms with E-state index >= 15 is 0 Å². The molecule has 2 aromatic carbocycles. The van der Waals surface area contributed by atoms with Crippen LogP contribution in [0.25, 0.3) is 0 Å². The number of anilines is 1. The summed E-state index contributed by atoms with van der Waals surface area (Å²) in [5.74, 6) is 0.465. The minimum atomic E-state index is -0.518. The summed E-state index contributed by atoms with van der Waals surface area (Å²) in [6.07, 6.45) is 0.0994. The average Bonchev–Trinajstić information content (AvgIpc) is 2.61. The molecule has 0 atom stereocenters. The molecular formula is C20H21ClFNO4. The van der Waals surface area contributed by atoms with E-state index in [1.54, 1.807) is 23.1 Å². The van der Waals surface area contributed by atoms with Crippen molar-refractivity contribution in [1.29, 1.82) is 0 Å². The zero-order valence-electron chi connectivity index (χ0n) is 15.4. The van der Waals surface area contributed by atoms with E-state index in [4.69, 9.17) is 25.8 Å². The van der Waals surface area contributed by atoms with E-state index in [2.05, 4.69) is 0 Å². The van der Waals surface area contributed by atoms with E-state index < -0.39 is 5.82 Å². The van der Waals surface area contributed by atoms with Crippen LogP contribution < -0.4 is 19.1 Å². The summed E-state index contributed by atoms with van der Waals surface area (Å²) >= 11 is 6.25. The summed E-state index contributed by atoms with van der Waals surface area (Å²) in [4.78, 5) is 14.5. The number of hydrogen-bond donors (Lipinski definition) is 0. The molecule has 0 aliphatic carbocycles. The molecule has 0 unspecified atom stereocenters. The molecule has 0 fully saturated rings. The first-order chi connectivity index (χ1) is 12.9. The van der Waals surface area contributed by atoms with Crippen molar-refractivity contribution in [3.63, 3.8) is 0 Å². The Morgan fingerprint density at radius 2 is 2.00 bits per heavy atom. The monoisotopic (exact) mass is 393 g/mol. The Labute approximate surface area is 162 Å². The number of methoxy groups -OCH3 is 1. The first kappa shape index (κ1) is 19.3. The lowest BCUT2D eigenvalue weighted by Gasteiger charge is -2.27. The van der Waals surface area contributed by atoms with Crippen molar-refractivity contribution in [2.75, 3.05) is 25.2 Å². The molecule has 5 nitrogen and oxygen atoms in total.